The molecule has 0 heterocycles. The molecule has 1 N–H and O–H groups in total. The summed E-state index contributed by atoms with van der Waals surface area (Å²) in [6, 6.07) is 4.20. The van der Waals surface area contributed by atoms with E-state index >= 15 is 0 Å². The standard InChI is InChI=1S/C7H11NO.C7H9NO/c2*1-7(2-3-8)4-6(9)5-7/h6,9H,2,4-5H2,1H3;2,4-5H2,1H3. The zero-order valence-corrected chi connectivity index (χ0v) is 11.1. The van der Waals surface area contributed by atoms with Gasteiger partial charge in [-0.05, 0) is 23.7 Å². The number of carbonyl (C=O) groups excluding carboxylic acids is 1. The number of Topliss-reactive ketones (excluding diaryl/α,β-unsaturated/α-hetero) is 1. The topological polar surface area (TPSA) is 84.9 Å². The molecule has 0 bridgehead atoms. The summed E-state index contributed by atoms with van der Waals surface area (Å²) in [5, 5.41) is 25.5. The Morgan fingerprint density at radius 1 is 1.17 bits per heavy atom. The van der Waals surface area contributed by atoms with Crippen molar-refractivity contribution in [2.75, 3.05) is 0 Å². The van der Waals surface area contributed by atoms with Gasteiger partial charge in [-0.2, -0.15) is 10.5 Å². The zero-order chi connectivity index (χ0) is 13.8. The molecule has 0 aromatic rings. The Hall–Kier alpha value is -1.39. The van der Waals surface area contributed by atoms with Gasteiger partial charge in [-0.15, -0.1) is 0 Å². The van der Waals surface area contributed by atoms with Gasteiger partial charge < -0.3 is 5.11 Å². The van der Waals surface area contributed by atoms with Crippen LogP contribution in [-0.2, 0) is 4.79 Å². The molecule has 98 valence electrons. The molecule has 4 nitrogen and oxygen atoms in total. The first kappa shape index (κ1) is 14.7. The number of hydrogen-bond acceptors (Lipinski definition) is 4. The molecule has 0 atom stereocenters. The van der Waals surface area contributed by atoms with Crippen molar-refractivity contribution in [3.63, 3.8) is 0 Å². The van der Waals surface area contributed by atoms with Crippen LogP contribution < -0.4 is 0 Å². The maximum atomic E-state index is 10.5. The molecule has 0 unspecified atom stereocenters. The Kier molecular flexibility index (Phi) is 4.48. The van der Waals surface area contributed by atoms with E-state index in [1.807, 2.05) is 13.8 Å². The van der Waals surface area contributed by atoms with Crippen LogP contribution in [0.4, 0.5) is 0 Å². The minimum absolute atomic E-state index is 0.0336. The summed E-state index contributed by atoms with van der Waals surface area (Å²) in [7, 11) is 0. The normalized spacial score (nSPS) is 31.8. The second kappa shape index (κ2) is 5.50. The minimum Gasteiger partial charge on any atom is -0.393 e. The quantitative estimate of drug-likeness (QED) is 0.812. The third-order valence-corrected chi connectivity index (χ3v) is 3.72. The second-order valence-electron chi connectivity index (χ2n) is 6.25. The summed E-state index contributed by atoms with van der Waals surface area (Å²) in [5.41, 5.74) is 0.167. The average molecular weight is 248 g/mol. The molecular formula is C14H20N2O2. The van der Waals surface area contributed by atoms with Crippen molar-refractivity contribution in [2.24, 2.45) is 10.8 Å². The van der Waals surface area contributed by atoms with E-state index in [0.717, 1.165) is 12.8 Å². The van der Waals surface area contributed by atoms with Crippen molar-refractivity contribution < 1.29 is 9.90 Å². The SMILES string of the molecule is CC1(CC#N)CC(=O)C1.CC1(CC#N)CC(O)C1. The summed E-state index contributed by atoms with van der Waals surface area (Å²) in [6.45, 7) is 4.03. The molecule has 2 saturated carbocycles. The van der Waals surface area contributed by atoms with Gasteiger partial charge in [0.1, 0.15) is 5.78 Å². The number of aliphatic hydroxyl groups excluding tert-OH is 1. The summed E-state index contributed by atoms with van der Waals surface area (Å²) in [5.74, 6) is 0.299. The van der Waals surface area contributed by atoms with Crippen LogP contribution in [0.15, 0.2) is 0 Å². The Balaban J connectivity index is 0.000000180. The third kappa shape index (κ3) is 3.82. The van der Waals surface area contributed by atoms with E-state index in [0.29, 0.717) is 31.5 Å². The molecule has 4 heteroatoms. The van der Waals surface area contributed by atoms with Crippen LogP contribution in [0.5, 0.6) is 0 Å². The predicted octanol–water partition coefficient (Wildman–Crippen LogP) is 2.33. The second-order valence-corrected chi connectivity index (χ2v) is 6.25. The molecule has 0 spiro atoms. The van der Waals surface area contributed by atoms with Crippen molar-refractivity contribution in [3.8, 4) is 12.1 Å². The number of hydrogen-bond donors (Lipinski definition) is 1. The summed E-state index contributed by atoms with van der Waals surface area (Å²) >= 11 is 0. The molecule has 0 amide bonds. The van der Waals surface area contributed by atoms with E-state index in [1.54, 1.807) is 0 Å². The lowest BCUT2D eigenvalue weighted by atomic mass is 9.67. The number of nitrogens with zero attached hydrogens (tertiary/aromatic N) is 2. The molecule has 2 rings (SSSR count). The highest BCUT2D eigenvalue weighted by atomic mass is 16.3. The van der Waals surface area contributed by atoms with Gasteiger partial charge in [-0.1, -0.05) is 13.8 Å². The first-order valence-electron chi connectivity index (χ1n) is 6.26. The fourth-order valence-corrected chi connectivity index (χ4v) is 2.63. The highest BCUT2D eigenvalue weighted by Crippen LogP contribution is 2.43. The van der Waals surface area contributed by atoms with Gasteiger partial charge in [-0.25, -0.2) is 0 Å². The predicted molar refractivity (Wildman–Crippen MR) is 66.2 cm³/mol. The van der Waals surface area contributed by atoms with Gasteiger partial charge >= 0.3 is 0 Å². The van der Waals surface area contributed by atoms with Crippen LogP contribution in [0.25, 0.3) is 0 Å². The lowest BCUT2D eigenvalue weighted by Crippen LogP contribution is -2.37. The largest absolute Gasteiger partial charge is 0.393 e. The maximum absolute atomic E-state index is 10.5. The Morgan fingerprint density at radius 2 is 1.61 bits per heavy atom. The van der Waals surface area contributed by atoms with E-state index in [-0.39, 0.29) is 16.9 Å². The zero-order valence-electron chi connectivity index (χ0n) is 11.1. The molecule has 2 aliphatic rings. The monoisotopic (exact) mass is 248 g/mol. The van der Waals surface area contributed by atoms with Gasteiger partial charge in [0.2, 0.25) is 0 Å². The lowest BCUT2D eigenvalue weighted by molar-refractivity contribution is -0.131. The van der Waals surface area contributed by atoms with Gasteiger partial charge in [0.15, 0.2) is 0 Å². The van der Waals surface area contributed by atoms with Crippen molar-refractivity contribution in [2.45, 2.75) is 58.5 Å². The van der Waals surface area contributed by atoms with E-state index in [1.165, 1.54) is 0 Å². The first-order chi connectivity index (χ1) is 8.32. The van der Waals surface area contributed by atoms with Gasteiger partial charge in [0, 0.05) is 25.7 Å². The summed E-state index contributed by atoms with van der Waals surface area (Å²) in [4.78, 5) is 10.5. The van der Waals surface area contributed by atoms with Crippen LogP contribution >= 0.6 is 0 Å². The van der Waals surface area contributed by atoms with Crippen molar-refractivity contribution in [1.82, 2.24) is 0 Å². The molecule has 2 fully saturated rings. The Morgan fingerprint density at radius 3 is 1.94 bits per heavy atom. The van der Waals surface area contributed by atoms with Crippen LogP contribution in [0.2, 0.25) is 0 Å². The molecule has 18 heavy (non-hydrogen) atoms. The number of ketones is 1. The molecular weight excluding hydrogens is 228 g/mol. The molecule has 0 aromatic heterocycles. The maximum Gasteiger partial charge on any atom is 0.134 e. The molecule has 0 aromatic carbocycles. The smallest absolute Gasteiger partial charge is 0.134 e. The highest BCUT2D eigenvalue weighted by molar-refractivity contribution is 5.86. The third-order valence-electron chi connectivity index (χ3n) is 3.72. The molecule has 0 radical (unpaired) electrons. The number of nitriles is 2. The van der Waals surface area contributed by atoms with Crippen LogP contribution in [0, 0.1) is 33.5 Å². The minimum atomic E-state index is -0.136. The number of rotatable bonds is 2. The van der Waals surface area contributed by atoms with Gasteiger partial charge in [0.05, 0.1) is 18.2 Å². The van der Waals surface area contributed by atoms with Crippen LogP contribution in [0.3, 0.4) is 0 Å². The first-order valence-corrected chi connectivity index (χ1v) is 6.26. The molecule has 0 saturated heterocycles. The van der Waals surface area contributed by atoms with Crippen molar-refractivity contribution in [1.29, 1.82) is 10.5 Å². The Bertz CT molecular complexity index is 389. The van der Waals surface area contributed by atoms with Crippen molar-refractivity contribution >= 4 is 5.78 Å². The van der Waals surface area contributed by atoms with E-state index in [9.17, 15) is 4.79 Å². The molecule has 0 aliphatic heterocycles. The number of aliphatic hydroxyl groups is 1. The van der Waals surface area contributed by atoms with E-state index in [2.05, 4.69) is 12.1 Å². The summed E-state index contributed by atoms with van der Waals surface area (Å²) in [6.07, 6.45) is 3.81. The Labute approximate surface area is 108 Å². The molecule has 2 aliphatic carbocycles. The fourth-order valence-electron chi connectivity index (χ4n) is 2.63. The van der Waals surface area contributed by atoms with E-state index < -0.39 is 0 Å². The van der Waals surface area contributed by atoms with Crippen molar-refractivity contribution in [3.05, 3.63) is 0 Å². The van der Waals surface area contributed by atoms with E-state index in [4.69, 9.17) is 15.6 Å². The van der Waals surface area contributed by atoms with Gasteiger partial charge in [0.25, 0.3) is 0 Å². The fraction of sp³-hybridized carbons (Fsp3) is 0.786. The average Bonchev–Trinajstić information content (AvgIpc) is 2.14. The van der Waals surface area contributed by atoms with Crippen LogP contribution in [-0.4, -0.2) is 17.0 Å². The number of carbonyl (C=O) groups is 1. The summed E-state index contributed by atoms with van der Waals surface area (Å²) < 4.78 is 0. The van der Waals surface area contributed by atoms with Gasteiger partial charge in [-0.3, -0.25) is 4.79 Å². The van der Waals surface area contributed by atoms with Crippen LogP contribution in [0.1, 0.15) is 52.4 Å². The lowest BCUT2D eigenvalue weighted by Gasteiger charge is -2.40. The highest BCUT2D eigenvalue weighted by Gasteiger charge is 2.39.